The normalized spacial score (nSPS) is 24.2. The molecule has 0 unspecified atom stereocenters. The monoisotopic (exact) mass is 415 g/mol. The van der Waals surface area contributed by atoms with E-state index in [9.17, 15) is 26.7 Å². The molecule has 1 aliphatic rings. The molecule has 0 radical (unpaired) electrons. The topological polar surface area (TPSA) is 66.8 Å². The lowest BCUT2D eigenvalue weighted by Gasteiger charge is -2.44. The summed E-state index contributed by atoms with van der Waals surface area (Å²) < 4.78 is 71.4. The quantitative estimate of drug-likeness (QED) is 0.834. The summed E-state index contributed by atoms with van der Waals surface area (Å²) >= 11 is 0. The first kappa shape index (κ1) is 20.8. The average molecular weight is 415 g/mol. The molecule has 0 saturated carbocycles. The van der Waals surface area contributed by atoms with Crippen LogP contribution in [0.15, 0.2) is 59.5 Å². The Hall–Kier alpha value is -1.94. The highest BCUT2D eigenvalue weighted by Crippen LogP contribution is 2.40. The van der Waals surface area contributed by atoms with Gasteiger partial charge < -0.3 is 9.84 Å². The molecule has 1 heterocycles. The number of hydrogen-bond donors (Lipinski definition) is 1. The minimum atomic E-state index is -4.53. The SMILES string of the molecule is CO[C@@]1(c2cccc(C(F)(F)F)c2)CCN(S(=O)(=O)c2ccccc2)C[C@@H]1O. The summed E-state index contributed by atoms with van der Waals surface area (Å²) in [5.74, 6) is 0. The van der Waals surface area contributed by atoms with E-state index in [1.54, 1.807) is 18.2 Å². The molecule has 0 bridgehead atoms. The summed E-state index contributed by atoms with van der Waals surface area (Å²) in [5.41, 5.74) is -2.12. The molecule has 9 heteroatoms. The van der Waals surface area contributed by atoms with Gasteiger partial charge in [-0.1, -0.05) is 30.3 Å². The predicted molar refractivity (Wildman–Crippen MR) is 96.0 cm³/mol. The number of ether oxygens (including phenoxy) is 1. The molecule has 0 aliphatic carbocycles. The first-order chi connectivity index (χ1) is 13.1. The maximum absolute atomic E-state index is 13.1. The molecule has 1 N–H and O–H groups in total. The molecule has 28 heavy (non-hydrogen) atoms. The van der Waals surface area contributed by atoms with E-state index in [2.05, 4.69) is 0 Å². The Kier molecular flexibility index (Phi) is 5.55. The predicted octanol–water partition coefficient (Wildman–Crippen LogP) is 3.00. The highest BCUT2D eigenvalue weighted by molar-refractivity contribution is 7.89. The summed E-state index contributed by atoms with van der Waals surface area (Å²) in [7, 11) is -2.53. The second-order valence-electron chi connectivity index (χ2n) is 6.61. The Morgan fingerprint density at radius 3 is 2.39 bits per heavy atom. The zero-order chi connectivity index (χ0) is 20.6. The van der Waals surface area contributed by atoms with Crippen molar-refractivity contribution in [3.8, 4) is 0 Å². The Balaban J connectivity index is 1.91. The van der Waals surface area contributed by atoms with E-state index >= 15 is 0 Å². The molecule has 1 aliphatic heterocycles. The third kappa shape index (κ3) is 3.67. The fraction of sp³-hybridized carbons (Fsp3) is 0.368. The van der Waals surface area contributed by atoms with E-state index in [1.807, 2.05) is 0 Å². The molecule has 0 spiro atoms. The van der Waals surface area contributed by atoms with Crippen molar-refractivity contribution in [2.45, 2.75) is 29.2 Å². The van der Waals surface area contributed by atoms with E-state index in [-0.39, 0.29) is 30.0 Å². The van der Waals surface area contributed by atoms with Crippen LogP contribution in [0.25, 0.3) is 0 Å². The molecular weight excluding hydrogens is 395 g/mol. The summed E-state index contributed by atoms with van der Waals surface area (Å²) in [6.45, 7) is -0.292. The fourth-order valence-corrected chi connectivity index (χ4v) is 4.97. The van der Waals surface area contributed by atoms with Gasteiger partial charge in [0.05, 0.1) is 10.5 Å². The van der Waals surface area contributed by atoms with Gasteiger partial charge in [0, 0.05) is 20.2 Å². The Bertz CT molecular complexity index is 934. The lowest BCUT2D eigenvalue weighted by atomic mass is 9.82. The number of alkyl halides is 3. The van der Waals surface area contributed by atoms with E-state index in [0.29, 0.717) is 0 Å². The van der Waals surface area contributed by atoms with Gasteiger partial charge in [0.15, 0.2) is 0 Å². The third-order valence-electron chi connectivity index (χ3n) is 5.07. The van der Waals surface area contributed by atoms with E-state index < -0.39 is 33.5 Å². The van der Waals surface area contributed by atoms with Crippen LogP contribution in [0, 0.1) is 0 Å². The van der Waals surface area contributed by atoms with Gasteiger partial charge in [-0.15, -0.1) is 0 Å². The maximum Gasteiger partial charge on any atom is 0.416 e. The number of hydrogen-bond acceptors (Lipinski definition) is 4. The molecule has 1 fully saturated rings. The smallest absolute Gasteiger partial charge is 0.388 e. The van der Waals surface area contributed by atoms with Gasteiger partial charge in [0.1, 0.15) is 11.7 Å². The Morgan fingerprint density at radius 2 is 1.82 bits per heavy atom. The molecule has 5 nitrogen and oxygen atoms in total. The lowest BCUT2D eigenvalue weighted by molar-refractivity contribution is -0.142. The van der Waals surface area contributed by atoms with Crippen LogP contribution in [0.3, 0.4) is 0 Å². The van der Waals surface area contributed by atoms with Crippen LogP contribution in [0.1, 0.15) is 17.5 Å². The molecule has 0 amide bonds. The van der Waals surface area contributed by atoms with Crippen LogP contribution in [0.5, 0.6) is 0 Å². The highest BCUT2D eigenvalue weighted by atomic mass is 32.2. The lowest BCUT2D eigenvalue weighted by Crippen LogP contribution is -2.55. The van der Waals surface area contributed by atoms with Crippen molar-refractivity contribution >= 4 is 10.0 Å². The number of β-amino-alcohol motifs (C(OH)–C–C–N with tert-alkyl or cyclic N) is 1. The summed E-state index contributed by atoms with van der Waals surface area (Å²) in [6, 6.07) is 12.3. The number of benzene rings is 2. The minimum Gasteiger partial charge on any atom is -0.388 e. The zero-order valence-corrected chi connectivity index (χ0v) is 15.9. The highest BCUT2D eigenvalue weighted by Gasteiger charge is 2.47. The molecule has 2 aromatic rings. The Labute approximate surface area is 161 Å². The van der Waals surface area contributed by atoms with E-state index in [0.717, 1.165) is 16.4 Å². The van der Waals surface area contributed by atoms with Crippen LogP contribution in [0.4, 0.5) is 13.2 Å². The van der Waals surface area contributed by atoms with Gasteiger partial charge in [0.25, 0.3) is 0 Å². The summed E-state index contributed by atoms with van der Waals surface area (Å²) in [6.07, 6.45) is -5.86. The number of aliphatic hydroxyl groups excluding tert-OH is 1. The molecule has 0 aromatic heterocycles. The average Bonchev–Trinajstić information content (AvgIpc) is 2.68. The van der Waals surface area contributed by atoms with Crippen molar-refractivity contribution < 1.29 is 31.4 Å². The second kappa shape index (κ2) is 7.47. The van der Waals surface area contributed by atoms with Crippen LogP contribution in [-0.2, 0) is 26.5 Å². The van der Waals surface area contributed by atoms with Crippen molar-refractivity contribution in [2.24, 2.45) is 0 Å². The Morgan fingerprint density at radius 1 is 1.14 bits per heavy atom. The number of methoxy groups -OCH3 is 1. The van der Waals surface area contributed by atoms with Crippen LogP contribution in [-0.4, -0.2) is 44.1 Å². The number of aliphatic hydroxyl groups is 1. The first-order valence-electron chi connectivity index (χ1n) is 8.57. The largest absolute Gasteiger partial charge is 0.416 e. The minimum absolute atomic E-state index is 0.00161. The van der Waals surface area contributed by atoms with Gasteiger partial charge in [-0.25, -0.2) is 8.42 Å². The van der Waals surface area contributed by atoms with Crippen molar-refractivity contribution in [3.05, 3.63) is 65.7 Å². The van der Waals surface area contributed by atoms with Crippen LogP contribution >= 0.6 is 0 Å². The first-order valence-corrected chi connectivity index (χ1v) is 10.0. The number of sulfonamides is 1. The van der Waals surface area contributed by atoms with Gasteiger partial charge >= 0.3 is 6.18 Å². The molecule has 2 atom stereocenters. The summed E-state index contributed by atoms with van der Waals surface area (Å²) in [5, 5.41) is 10.7. The standard InChI is InChI=1S/C19H20F3NO4S/c1-27-18(14-6-5-7-15(12-14)19(20,21)22)10-11-23(13-17(18)24)28(25,26)16-8-3-2-4-9-16/h2-9,12,17,24H,10-11,13H2,1H3/t17-,18+/m0/s1. The molecular formula is C19H20F3NO4S. The molecule has 1 saturated heterocycles. The van der Waals surface area contributed by atoms with Crippen molar-refractivity contribution in [1.29, 1.82) is 0 Å². The maximum atomic E-state index is 13.1. The van der Waals surface area contributed by atoms with Crippen LogP contribution in [0.2, 0.25) is 0 Å². The third-order valence-corrected chi connectivity index (χ3v) is 6.95. The fourth-order valence-electron chi connectivity index (χ4n) is 3.50. The molecule has 152 valence electrons. The van der Waals surface area contributed by atoms with Crippen molar-refractivity contribution in [3.63, 3.8) is 0 Å². The summed E-state index contributed by atoms with van der Waals surface area (Å²) in [4.78, 5) is 0.0891. The van der Waals surface area contributed by atoms with Gasteiger partial charge in [-0.3, -0.25) is 0 Å². The zero-order valence-electron chi connectivity index (χ0n) is 15.1. The number of nitrogens with zero attached hydrogens (tertiary/aromatic N) is 1. The van der Waals surface area contributed by atoms with Gasteiger partial charge in [-0.05, 0) is 36.2 Å². The van der Waals surface area contributed by atoms with Gasteiger partial charge in [-0.2, -0.15) is 17.5 Å². The van der Waals surface area contributed by atoms with Gasteiger partial charge in [0.2, 0.25) is 10.0 Å². The molecule has 2 aromatic carbocycles. The van der Waals surface area contributed by atoms with Crippen molar-refractivity contribution in [1.82, 2.24) is 4.31 Å². The number of halogens is 3. The second-order valence-corrected chi connectivity index (χ2v) is 8.55. The number of rotatable bonds is 4. The van der Waals surface area contributed by atoms with Crippen molar-refractivity contribution in [2.75, 3.05) is 20.2 Å². The van der Waals surface area contributed by atoms with Crippen LogP contribution < -0.4 is 0 Å². The number of piperidine rings is 1. The van der Waals surface area contributed by atoms with E-state index in [4.69, 9.17) is 4.74 Å². The van der Waals surface area contributed by atoms with E-state index in [1.165, 1.54) is 31.4 Å². The molecule has 3 rings (SSSR count).